The SMILES string of the molecule is Cc1cc(CC(=O)N2CCNC(=O)c3ccc4nc(CC(C)C)n(c4c3)CCCNC(=O)[C@@H](C)NC(=O)[C@H](Cc3ccccc3)NC(=O)C2)on1. The quantitative estimate of drug-likeness (QED) is 0.236. The molecule has 1 aliphatic heterocycles. The molecule has 270 valence electrons. The number of carbonyl (C=O) groups is 5. The fraction of sp³-hybridized carbons (Fsp3) is 0.432. The zero-order chi connectivity index (χ0) is 36.5. The van der Waals surface area contributed by atoms with Crippen LogP contribution < -0.4 is 21.3 Å². The van der Waals surface area contributed by atoms with Crippen LogP contribution in [0.2, 0.25) is 0 Å². The van der Waals surface area contributed by atoms with E-state index in [1.807, 2.05) is 36.4 Å². The zero-order valence-corrected chi connectivity index (χ0v) is 29.5. The molecule has 14 nitrogen and oxygen atoms in total. The first-order valence-electron chi connectivity index (χ1n) is 17.4. The number of aromatic nitrogens is 3. The first-order valence-corrected chi connectivity index (χ1v) is 17.4. The van der Waals surface area contributed by atoms with Crippen molar-refractivity contribution in [3.63, 3.8) is 0 Å². The van der Waals surface area contributed by atoms with Crippen molar-refractivity contribution in [1.82, 2.24) is 40.9 Å². The van der Waals surface area contributed by atoms with E-state index in [-0.39, 0.29) is 44.3 Å². The van der Waals surface area contributed by atoms with Gasteiger partial charge in [0.05, 0.1) is 29.7 Å². The van der Waals surface area contributed by atoms with Gasteiger partial charge in [0, 0.05) is 50.7 Å². The minimum absolute atomic E-state index is 0.0105. The summed E-state index contributed by atoms with van der Waals surface area (Å²) >= 11 is 0. The van der Waals surface area contributed by atoms with Gasteiger partial charge in [-0.2, -0.15) is 0 Å². The Hall–Kier alpha value is -5.53. The summed E-state index contributed by atoms with van der Waals surface area (Å²) in [7, 11) is 0. The maximum Gasteiger partial charge on any atom is 0.251 e. The van der Waals surface area contributed by atoms with Gasteiger partial charge >= 0.3 is 0 Å². The molecule has 4 aromatic rings. The number of carbonyl (C=O) groups excluding carboxylic acids is 5. The van der Waals surface area contributed by atoms with E-state index in [0.717, 1.165) is 28.8 Å². The summed E-state index contributed by atoms with van der Waals surface area (Å²) in [5.74, 6) is -0.688. The lowest BCUT2D eigenvalue weighted by molar-refractivity contribution is -0.137. The lowest BCUT2D eigenvalue weighted by Crippen LogP contribution is -2.55. The molecule has 3 heterocycles. The summed E-state index contributed by atoms with van der Waals surface area (Å²) in [5, 5.41) is 15.1. The molecule has 0 saturated heterocycles. The Morgan fingerprint density at radius 2 is 1.75 bits per heavy atom. The minimum Gasteiger partial charge on any atom is -0.361 e. The van der Waals surface area contributed by atoms with Gasteiger partial charge in [0.25, 0.3) is 5.91 Å². The molecule has 0 fully saturated rings. The molecule has 2 bridgehead atoms. The Kier molecular flexibility index (Phi) is 12.2. The topological polar surface area (TPSA) is 181 Å². The number of hydrogen-bond acceptors (Lipinski definition) is 8. The third-order valence-electron chi connectivity index (χ3n) is 8.58. The Morgan fingerprint density at radius 1 is 0.961 bits per heavy atom. The van der Waals surface area contributed by atoms with E-state index in [2.05, 4.69) is 44.8 Å². The van der Waals surface area contributed by atoms with Crippen LogP contribution in [0, 0.1) is 12.8 Å². The van der Waals surface area contributed by atoms with Crippen LogP contribution in [0.1, 0.15) is 60.4 Å². The maximum atomic E-state index is 13.6. The number of fused-ring (bicyclic) bond motifs is 1. The van der Waals surface area contributed by atoms with E-state index in [1.165, 1.54) is 4.90 Å². The fourth-order valence-corrected chi connectivity index (χ4v) is 6.00. The molecule has 2 atom stereocenters. The summed E-state index contributed by atoms with van der Waals surface area (Å²) in [6.07, 6.45) is 1.33. The number of hydrogen-bond donors (Lipinski definition) is 4. The zero-order valence-electron chi connectivity index (χ0n) is 29.5. The second kappa shape index (κ2) is 16.9. The minimum atomic E-state index is -1.04. The van der Waals surface area contributed by atoms with Crippen LogP contribution in [0.3, 0.4) is 0 Å². The number of aryl methyl sites for hydroxylation is 2. The predicted octanol–water partition coefficient (Wildman–Crippen LogP) is 2.08. The smallest absolute Gasteiger partial charge is 0.251 e. The van der Waals surface area contributed by atoms with Crippen molar-refractivity contribution in [1.29, 1.82) is 0 Å². The van der Waals surface area contributed by atoms with Crippen molar-refractivity contribution in [2.45, 2.75) is 72.0 Å². The second-order valence-electron chi connectivity index (χ2n) is 13.3. The Labute approximate surface area is 296 Å². The monoisotopic (exact) mass is 698 g/mol. The Balaban J connectivity index is 1.42. The molecule has 4 N–H and O–H groups in total. The standard InChI is InChI=1S/C37H46N8O6/c1-23(2)17-32-41-29-12-11-27-20-31(29)45(32)15-8-13-38-35(48)25(4)40-37(50)30(19-26-9-6-5-7-10-26)42-33(46)22-44(16-14-39-36(27)49)34(47)21-28-18-24(3)43-51-28/h5-7,9-12,18,20,23,25,30H,8,13-17,19,21-22H2,1-4H3,(H,38,48)(H,39,49)(H,40,50)(H,42,46)/t25-,30+/m1/s1. The van der Waals surface area contributed by atoms with Crippen molar-refractivity contribution in [3.8, 4) is 0 Å². The van der Waals surface area contributed by atoms with Gasteiger partial charge < -0.3 is 35.3 Å². The number of imidazole rings is 1. The van der Waals surface area contributed by atoms with Crippen molar-refractivity contribution in [3.05, 3.63) is 83.0 Å². The van der Waals surface area contributed by atoms with Crippen LogP contribution in [-0.2, 0) is 45.0 Å². The molecule has 5 rings (SSSR count). The van der Waals surface area contributed by atoms with E-state index < -0.39 is 29.8 Å². The molecule has 2 aromatic heterocycles. The van der Waals surface area contributed by atoms with Gasteiger partial charge in [0.2, 0.25) is 23.6 Å². The van der Waals surface area contributed by atoms with Gasteiger partial charge in [-0.3, -0.25) is 24.0 Å². The highest BCUT2D eigenvalue weighted by molar-refractivity contribution is 5.97. The van der Waals surface area contributed by atoms with Crippen molar-refractivity contribution >= 4 is 40.6 Å². The number of nitrogens with zero attached hydrogens (tertiary/aromatic N) is 4. The summed E-state index contributed by atoms with van der Waals surface area (Å²) < 4.78 is 7.33. The molecule has 0 radical (unpaired) electrons. The third-order valence-corrected chi connectivity index (χ3v) is 8.58. The largest absolute Gasteiger partial charge is 0.361 e. The first-order chi connectivity index (χ1) is 24.5. The summed E-state index contributed by atoms with van der Waals surface area (Å²) in [6, 6.07) is 14.2. The van der Waals surface area contributed by atoms with E-state index in [0.29, 0.717) is 42.4 Å². The number of amides is 5. The first kappa shape index (κ1) is 36.7. The molecule has 51 heavy (non-hydrogen) atoms. The average molecular weight is 699 g/mol. The molecule has 0 spiro atoms. The number of nitrogens with one attached hydrogen (secondary N) is 4. The summed E-state index contributed by atoms with van der Waals surface area (Å²) in [4.78, 5) is 73.1. The van der Waals surface area contributed by atoms with Crippen LogP contribution in [0.5, 0.6) is 0 Å². The lowest BCUT2D eigenvalue weighted by Gasteiger charge is -2.25. The molecule has 1 aliphatic rings. The van der Waals surface area contributed by atoms with Crippen LogP contribution in [0.4, 0.5) is 0 Å². The molecular weight excluding hydrogens is 652 g/mol. The molecule has 14 heteroatoms. The molecular formula is C37H46N8O6. The van der Waals surface area contributed by atoms with Crippen LogP contribution in [-0.4, -0.2) is 87.4 Å². The van der Waals surface area contributed by atoms with Crippen LogP contribution >= 0.6 is 0 Å². The van der Waals surface area contributed by atoms with E-state index in [1.54, 1.807) is 32.0 Å². The summed E-state index contributed by atoms with van der Waals surface area (Å²) in [6.45, 7) is 8.14. The van der Waals surface area contributed by atoms with Crippen molar-refractivity contribution in [2.24, 2.45) is 5.92 Å². The highest BCUT2D eigenvalue weighted by atomic mass is 16.5. The van der Waals surface area contributed by atoms with Crippen molar-refractivity contribution < 1.29 is 28.5 Å². The van der Waals surface area contributed by atoms with Crippen molar-refractivity contribution in [2.75, 3.05) is 26.2 Å². The molecule has 2 aromatic carbocycles. The van der Waals surface area contributed by atoms with Gasteiger partial charge in [-0.1, -0.05) is 49.3 Å². The number of rotatable bonds is 6. The third kappa shape index (κ3) is 10.0. The average Bonchev–Trinajstić information content (AvgIpc) is 3.66. The van der Waals surface area contributed by atoms with E-state index in [4.69, 9.17) is 9.51 Å². The van der Waals surface area contributed by atoms with Gasteiger partial charge in [-0.25, -0.2) is 4.98 Å². The van der Waals surface area contributed by atoms with Crippen LogP contribution in [0.25, 0.3) is 11.0 Å². The molecule has 0 unspecified atom stereocenters. The van der Waals surface area contributed by atoms with Gasteiger partial charge in [0.1, 0.15) is 23.7 Å². The predicted molar refractivity (Wildman–Crippen MR) is 189 cm³/mol. The Bertz CT molecular complexity index is 1870. The molecule has 5 amide bonds. The fourth-order valence-electron chi connectivity index (χ4n) is 6.00. The second-order valence-corrected chi connectivity index (χ2v) is 13.3. The van der Waals surface area contributed by atoms with E-state index >= 15 is 0 Å². The normalized spacial score (nSPS) is 18.6. The van der Waals surface area contributed by atoms with Gasteiger partial charge in [0.15, 0.2) is 0 Å². The maximum absolute atomic E-state index is 13.6. The van der Waals surface area contributed by atoms with Gasteiger partial charge in [-0.15, -0.1) is 0 Å². The van der Waals surface area contributed by atoms with Crippen LogP contribution in [0.15, 0.2) is 59.1 Å². The molecule has 0 saturated carbocycles. The highest BCUT2D eigenvalue weighted by Crippen LogP contribution is 2.21. The summed E-state index contributed by atoms with van der Waals surface area (Å²) in [5.41, 5.74) is 3.39. The lowest BCUT2D eigenvalue weighted by atomic mass is 10.0. The Morgan fingerprint density at radius 3 is 2.47 bits per heavy atom. The highest BCUT2D eigenvalue weighted by Gasteiger charge is 2.27. The van der Waals surface area contributed by atoms with E-state index in [9.17, 15) is 24.0 Å². The van der Waals surface area contributed by atoms with Gasteiger partial charge in [-0.05, 0) is 49.9 Å². The number of benzene rings is 2. The molecule has 0 aliphatic carbocycles.